The molecule has 0 aliphatic heterocycles. The molecule has 0 radical (unpaired) electrons. The van der Waals surface area contributed by atoms with Crippen LogP contribution in [0.4, 0.5) is 0 Å². The van der Waals surface area contributed by atoms with Crippen molar-refractivity contribution in [1.29, 1.82) is 0 Å². The Balaban J connectivity index is 1.73. The molecular formula is C17H18N4O3. The first-order chi connectivity index (χ1) is 11.7. The molecule has 2 heterocycles. The third kappa shape index (κ3) is 3.45. The van der Waals surface area contributed by atoms with Gasteiger partial charge in [0, 0.05) is 0 Å². The number of methoxy groups -OCH3 is 1. The first-order valence-corrected chi connectivity index (χ1v) is 7.51. The first kappa shape index (κ1) is 15.8. The summed E-state index contributed by atoms with van der Waals surface area (Å²) in [6.07, 6.45) is 1.56. The van der Waals surface area contributed by atoms with Crippen molar-refractivity contribution in [2.75, 3.05) is 7.11 Å². The molecule has 2 aromatic heterocycles. The lowest BCUT2D eigenvalue weighted by atomic mass is 10.1. The van der Waals surface area contributed by atoms with Crippen molar-refractivity contribution in [3.8, 4) is 5.88 Å². The Hall–Kier alpha value is -3.09. The van der Waals surface area contributed by atoms with Crippen molar-refractivity contribution in [2.45, 2.75) is 20.0 Å². The van der Waals surface area contributed by atoms with E-state index in [2.05, 4.69) is 15.6 Å². The Labute approximate surface area is 139 Å². The minimum atomic E-state index is -0.363. The van der Waals surface area contributed by atoms with Crippen LogP contribution >= 0.6 is 0 Å². The Morgan fingerprint density at radius 2 is 2.08 bits per heavy atom. The fraction of sp³-hybridized carbons (Fsp3) is 0.235. The number of aromatic nitrogens is 3. The van der Waals surface area contributed by atoms with Crippen molar-refractivity contribution in [1.82, 2.24) is 20.3 Å². The van der Waals surface area contributed by atoms with E-state index in [-0.39, 0.29) is 18.1 Å². The molecule has 0 unspecified atom stereocenters. The fourth-order valence-electron chi connectivity index (χ4n) is 2.28. The van der Waals surface area contributed by atoms with Crippen molar-refractivity contribution in [2.24, 2.45) is 0 Å². The molecule has 124 valence electrons. The number of carbonyl (C=O) groups excluding carboxylic acids is 1. The van der Waals surface area contributed by atoms with Crippen LogP contribution in [-0.4, -0.2) is 28.0 Å². The van der Waals surface area contributed by atoms with Gasteiger partial charge in [-0.2, -0.15) is 0 Å². The van der Waals surface area contributed by atoms with Gasteiger partial charge in [-0.3, -0.25) is 4.79 Å². The Morgan fingerprint density at radius 1 is 1.29 bits per heavy atom. The highest BCUT2D eigenvalue weighted by Crippen LogP contribution is 2.17. The van der Waals surface area contributed by atoms with Crippen molar-refractivity contribution in [3.05, 3.63) is 65.2 Å². The second-order valence-corrected chi connectivity index (χ2v) is 5.35. The summed E-state index contributed by atoms with van der Waals surface area (Å²) in [5.74, 6) is 0.625. The van der Waals surface area contributed by atoms with Gasteiger partial charge >= 0.3 is 0 Å². The Bertz CT molecular complexity index is 807. The summed E-state index contributed by atoms with van der Waals surface area (Å²) in [6, 6.07) is 11.6. The molecule has 7 heteroatoms. The topological polar surface area (TPSA) is 82.2 Å². The molecule has 0 spiro atoms. The minimum absolute atomic E-state index is 0.149. The average Bonchev–Trinajstić information content (AvgIpc) is 3.24. The number of ether oxygens (including phenoxy) is 1. The van der Waals surface area contributed by atoms with Gasteiger partial charge in [0.1, 0.15) is 5.76 Å². The number of nitrogens with zero attached hydrogens (tertiary/aromatic N) is 3. The molecule has 0 atom stereocenters. The predicted molar refractivity (Wildman–Crippen MR) is 86.7 cm³/mol. The summed E-state index contributed by atoms with van der Waals surface area (Å²) in [4.78, 5) is 12.3. The monoisotopic (exact) mass is 326 g/mol. The van der Waals surface area contributed by atoms with Crippen LogP contribution in [0.2, 0.25) is 0 Å². The predicted octanol–water partition coefficient (Wildman–Crippen LogP) is 2.17. The number of nitrogens with one attached hydrogen (secondary N) is 1. The van der Waals surface area contributed by atoms with Gasteiger partial charge in [0.2, 0.25) is 11.6 Å². The van der Waals surface area contributed by atoms with Gasteiger partial charge in [0.05, 0.1) is 26.5 Å². The van der Waals surface area contributed by atoms with Gasteiger partial charge in [-0.1, -0.05) is 35.0 Å². The summed E-state index contributed by atoms with van der Waals surface area (Å²) in [7, 11) is 1.49. The van der Waals surface area contributed by atoms with Crippen molar-refractivity contribution < 1.29 is 13.9 Å². The molecule has 7 nitrogen and oxygen atoms in total. The molecule has 1 amide bonds. The molecule has 0 bridgehead atoms. The summed E-state index contributed by atoms with van der Waals surface area (Å²) in [5.41, 5.74) is 2.38. The Morgan fingerprint density at radius 3 is 2.75 bits per heavy atom. The zero-order valence-corrected chi connectivity index (χ0v) is 13.5. The second-order valence-electron chi connectivity index (χ2n) is 5.35. The number of benzene rings is 1. The van der Waals surface area contributed by atoms with Gasteiger partial charge in [0.25, 0.3) is 5.91 Å². The standard InChI is InChI=1S/C17H18N4O3/c1-12-5-7-13(8-6-12)11-21-17(23-2)15(19-20-21)16(22)18-10-14-4-3-9-24-14/h3-9H,10-11H2,1-2H3,(H,18,22). The van der Waals surface area contributed by atoms with E-state index < -0.39 is 0 Å². The lowest BCUT2D eigenvalue weighted by Crippen LogP contribution is -2.23. The smallest absolute Gasteiger partial charge is 0.277 e. The quantitative estimate of drug-likeness (QED) is 0.750. The maximum Gasteiger partial charge on any atom is 0.277 e. The molecule has 3 rings (SSSR count). The van der Waals surface area contributed by atoms with Gasteiger partial charge in [-0.15, -0.1) is 5.10 Å². The minimum Gasteiger partial charge on any atom is -0.479 e. The maximum atomic E-state index is 12.3. The second kappa shape index (κ2) is 6.99. The maximum absolute atomic E-state index is 12.3. The summed E-state index contributed by atoms with van der Waals surface area (Å²) < 4.78 is 12.1. The normalized spacial score (nSPS) is 10.6. The summed E-state index contributed by atoms with van der Waals surface area (Å²) >= 11 is 0. The van der Waals surface area contributed by atoms with Crippen LogP contribution in [0, 0.1) is 6.92 Å². The fourth-order valence-corrected chi connectivity index (χ4v) is 2.28. The number of carbonyl (C=O) groups is 1. The molecule has 3 aromatic rings. The number of furan rings is 1. The number of amides is 1. The lowest BCUT2D eigenvalue weighted by Gasteiger charge is -2.07. The van der Waals surface area contributed by atoms with Crippen LogP contribution in [0.1, 0.15) is 27.4 Å². The van der Waals surface area contributed by atoms with Crippen LogP contribution < -0.4 is 10.1 Å². The SMILES string of the molecule is COc1c(C(=O)NCc2ccco2)nnn1Cc1ccc(C)cc1. The van der Waals surface area contributed by atoms with E-state index in [0.717, 1.165) is 5.56 Å². The molecule has 1 aromatic carbocycles. The van der Waals surface area contributed by atoms with E-state index in [9.17, 15) is 4.79 Å². The van der Waals surface area contributed by atoms with Crippen LogP contribution in [0.5, 0.6) is 5.88 Å². The van der Waals surface area contributed by atoms with Crippen LogP contribution in [-0.2, 0) is 13.1 Å². The van der Waals surface area contributed by atoms with E-state index in [4.69, 9.17) is 9.15 Å². The summed E-state index contributed by atoms with van der Waals surface area (Å²) in [6.45, 7) is 2.78. The highest BCUT2D eigenvalue weighted by atomic mass is 16.5. The van der Waals surface area contributed by atoms with Crippen molar-refractivity contribution in [3.63, 3.8) is 0 Å². The molecule has 0 aliphatic carbocycles. The number of rotatable bonds is 6. The van der Waals surface area contributed by atoms with Gasteiger partial charge in [-0.25, -0.2) is 4.68 Å². The molecule has 24 heavy (non-hydrogen) atoms. The number of hydrogen-bond acceptors (Lipinski definition) is 5. The highest BCUT2D eigenvalue weighted by molar-refractivity contribution is 5.94. The van der Waals surface area contributed by atoms with E-state index in [1.807, 2.05) is 31.2 Å². The lowest BCUT2D eigenvalue weighted by molar-refractivity contribution is 0.0939. The summed E-state index contributed by atoms with van der Waals surface area (Å²) in [5, 5.41) is 10.7. The zero-order chi connectivity index (χ0) is 16.9. The van der Waals surface area contributed by atoms with E-state index in [1.54, 1.807) is 23.1 Å². The molecule has 0 aliphatic rings. The van der Waals surface area contributed by atoms with Crippen LogP contribution in [0.3, 0.4) is 0 Å². The molecule has 0 saturated carbocycles. The van der Waals surface area contributed by atoms with Crippen LogP contribution in [0.15, 0.2) is 47.1 Å². The molecular weight excluding hydrogens is 308 g/mol. The number of aryl methyl sites for hydroxylation is 1. The molecule has 0 fully saturated rings. The van der Waals surface area contributed by atoms with E-state index in [1.165, 1.54) is 12.7 Å². The Kier molecular flexibility index (Phi) is 4.60. The van der Waals surface area contributed by atoms with Gasteiger partial charge < -0.3 is 14.5 Å². The highest BCUT2D eigenvalue weighted by Gasteiger charge is 2.20. The average molecular weight is 326 g/mol. The van der Waals surface area contributed by atoms with Gasteiger partial charge in [-0.05, 0) is 24.6 Å². The van der Waals surface area contributed by atoms with Crippen LogP contribution in [0.25, 0.3) is 0 Å². The number of hydrogen-bond donors (Lipinski definition) is 1. The molecule has 1 N–H and O–H groups in total. The zero-order valence-electron chi connectivity index (χ0n) is 13.5. The largest absolute Gasteiger partial charge is 0.479 e. The third-order valence-corrected chi connectivity index (χ3v) is 3.55. The van der Waals surface area contributed by atoms with Crippen molar-refractivity contribution >= 4 is 5.91 Å². The van der Waals surface area contributed by atoms with Gasteiger partial charge in [0.15, 0.2) is 0 Å². The third-order valence-electron chi connectivity index (χ3n) is 3.55. The molecule has 0 saturated heterocycles. The van der Waals surface area contributed by atoms with E-state index in [0.29, 0.717) is 18.2 Å². The van der Waals surface area contributed by atoms with E-state index >= 15 is 0 Å². The first-order valence-electron chi connectivity index (χ1n) is 7.51.